The van der Waals surface area contributed by atoms with E-state index in [1.807, 2.05) is 36.2 Å². The predicted molar refractivity (Wildman–Crippen MR) is 77.5 cm³/mol. The summed E-state index contributed by atoms with van der Waals surface area (Å²) in [7, 11) is 1.96. The summed E-state index contributed by atoms with van der Waals surface area (Å²) in [6.45, 7) is 0.981. The standard InChI is InChI=1S/C12H14IN3O/c1-16-7-3-6-11(16)15-12(17)14-10-5-2-4-9(13)8-10/h2,4-5,8H,3,6-7H2,1H3,(H,14,17)/b15-11+. The Morgan fingerprint density at radius 2 is 2.35 bits per heavy atom. The van der Waals surface area contributed by atoms with Gasteiger partial charge >= 0.3 is 6.03 Å². The van der Waals surface area contributed by atoms with E-state index in [0.717, 1.165) is 34.5 Å². The van der Waals surface area contributed by atoms with Crippen LogP contribution < -0.4 is 5.32 Å². The Hall–Kier alpha value is -1.11. The van der Waals surface area contributed by atoms with Crippen molar-refractivity contribution in [2.45, 2.75) is 12.8 Å². The Bertz CT molecular complexity index is 459. The largest absolute Gasteiger partial charge is 0.363 e. The maximum absolute atomic E-state index is 11.7. The van der Waals surface area contributed by atoms with Crippen molar-refractivity contribution in [2.24, 2.45) is 4.99 Å². The number of aliphatic imine (C=N–C) groups is 1. The molecule has 5 heteroatoms. The lowest BCUT2D eigenvalue weighted by molar-refractivity contribution is 0.259. The molecule has 0 bridgehead atoms. The minimum atomic E-state index is -0.296. The number of anilines is 1. The Kier molecular flexibility index (Phi) is 3.98. The predicted octanol–water partition coefficient (Wildman–Crippen LogP) is 2.95. The molecule has 2 amide bonds. The first kappa shape index (κ1) is 12.3. The number of nitrogens with zero attached hydrogens (tertiary/aromatic N) is 2. The summed E-state index contributed by atoms with van der Waals surface area (Å²) in [6.07, 6.45) is 1.96. The van der Waals surface area contributed by atoms with Gasteiger partial charge in [0.15, 0.2) is 0 Å². The SMILES string of the molecule is CN1CCC/C1=N\C(=O)Nc1cccc(I)c1. The Labute approximate surface area is 114 Å². The lowest BCUT2D eigenvalue weighted by Crippen LogP contribution is -2.21. The highest BCUT2D eigenvalue weighted by atomic mass is 127. The topological polar surface area (TPSA) is 44.7 Å². The number of amides is 2. The van der Waals surface area contributed by atoms with Crippen molar-refractivity contribution in [3.8, 4) is 0 Å². The van der Waals surface area contributed by atoms with E-state index in [2.05, 4.69) is 32.9 Å². The van der Waals surface area contributed by atoms with E-state index in [1.165, 1.54) is 0 Å². The van der Waals surface area contributed by atoms with Gasteiger partial charge in [-0.25, -0.2) is 4.79 Å². The molecule has 2 rings (SSSR count). The van der Waals surface area contributed by atoms with E-state index in [1.54, 1.807) is 0 Å². The molecule has 1 aromatic carbocycles. The van der Waals surface area contributed by atoms with Crippen molar-refractivity contribution in [3.05, 3.63) is 27.8 Å². The lowest BCUT2D eigenvalue weighted by atomic mass is 10.3. The van der Waals surface area contributed by atoms with Crippen molar-refractivity contribution in [2.75, 3.05) is 18.9 Å². The second-order valence-corrected chi connectivity index (χ2v) is 5.24. The molecular weight excluding hydrogens is 329 g/mol. The van der Waals surface area contributed by atoms with Crippen LogP contribution >= 0.6 is 22.6 Å². The van der Waals surface area contributed by atoms with Gasteiger partial charge in [0.2, 0.25) is 0 Å². The molecule has 1 aromatic rings. The number of carbonyl (C=O) groups excluding carboxylic acids is 1. The zero-order valence-electron chi connectivity index (χ0n) is 9.61. The second kappa shape index (κ2) is 5.48. The Balaban J connectivity index is 2.02. The zero-order chi connectivity index (χ0) is 12.3. The first-order valence-corrected chi connectivity index (χ1v) is 6.58. The van der Waals surface area contributed by atoms with Crippen molar-refractivity contribution in [1.29, 1.82) is 0 Å². The van der Waals surface area contributed by atoms with Crippen LogP contribution in [-0.2, 0) is 0 Å². The number of hydrogen-bond acceptors (Lipinski definition) is 1. The summed E-state index contributed by atoms with van der Waals surface area (Å²) in [5.74, 6) is 0.869. The lowest BCUT2D eigenvalue weighted by Gasteiger charge is -2.10. The van der Waals surface area contributed by atoms with Crippen LogP contribution in [0.5, 0.6) is 0 Å². The fourth-order valence-corrected chi connectivity index (χ4v) is 2.31. The Morgan fingerprint density at radius 1 is 1.53 bits per heavy atom. The average molecular weight is 343 g/mol. The molecular formula is C12H14IN3O. The molecule has 0 aliphatic carbocycles. The smallest absolute Gasteiger partial charge is 0.347 e. The number of rotatable bonds is 1. The van der Waals surface area contributed by atoms with E-state index >= 15 is 0 Å². The van der Waals surface area contributed by atoms with E-state index in [0.29, 0.717) is 0 Å². The molecule has 90 valence electrons. The molecule has 0 radical (unpaired) electrons. The number of halogens is 1. The minimum absolute atomic E-state index is 0.296. The van der Waals surface area contributed by atoms with Gasteiger partial charge in [0.05, 0.1) is 0 Å². The summed E-state index contributed by atoms with van der Waals surface area (Å²) in [4.78, 5) is 17.8. The third kappa shape index (κ3) is 3.42. The number of carbonyl (C=O) groups is 1. The van der Waals surface area contributed by atoms with E-state index in [9.17, 15) is 4.79 Å². The number of nitrogens with one attached hydrogen (secondary N) is 1. The maximum atomic E-state index is 11.7. The molecule has 1 aliphatic heterocycles. The van der Waals surface area contributed by atoms with Gasteiger partial charge in [-0.15, -0.1) is 0 Å². The van der Waals surface area contributed by atoms with E-state index in [4.69, 9.17) is 0 Å². The molecule has 0 atom stereocenters. The van der Waals surface area contributed by atoms with Crippen molar-refractivity contribution >= 4 is 40.1 Å². The fraction of sp³-hybridized carbons (Fsp3) is 0.333. The van der Waals surface area contributed by atoms with Crippen LogP contribution in [0.25, 0.3) is 0 Å². The zero-order valence-corrected chi connectivity index (χ0v) is 11.8. The Morgan fingerprint density at radius 3 is 3.00 bits per heavy atom. The van der Waals surface area contributed by atoms with Crippen LogP contribution in [0, 0.1) is 3.57 Å². The quantitative estimate of drug-likeness (QED) is 0.797. The van der Waals surface area contributed by atoms with Gasteiger partial charge in [-0.3, -0.25) is 0 Å². The molecule has 1 heterocycles. The van der Waals surface area contributed by atoms with Crippen LogP contribution in [0.4, 0.5) is 10.5 Å². The van der Waals surface area contributed by atoms with Gasteiger partial charge in [0.1, 0.15) is 5.84 Å². The molecule has 0 unspecified atom stereocenters. The average Bonchev–Trinajstić information content (AvgIpc) is 2.64. The highest BCUT2D eigenvalue weighted by Crippen LogP contribution is 2.13. The highest BCUT2D eigenvalue weighted by molar-refractivity contribution is 14.1. The maximum Gasteiger partial charge on any atom is 0.347 e. The minimum Gasteiger partial charge on any atom is -0.363 e. The van der Waals surface area contributed by atoms with Gasteiger partial charge in [0, 0.05) is 29.3 Å². The fourth-order valence-electron chi connectivity index (χ4n) is 1.77. The summed E-state index contributed by atoms with van der Waals surface area (Å²) < 4.78 is 1.09. The van der Waals surface area contributed by atoms with Crippen LogP contribution in [0.3, 0.4) is 0 Å². The van der Waals surface area contributed by atoms with Crippen molar-refractivity contribution < 1.29 is 4.79 Å². The molecule has 0 saturated carbocycles. The number of hydrogen-bond donors (Lipinski definition) is 1. The van der Waals surface area contributed by atoms with Crippen LogP contribution in [-0.4, -0.2) is 30.4 Å². The molecule has 1 fully saturated rings. The van der Waals surface area contributed by atoms with Crippen LogP contribution in [0.2, 0.25) is 0 Å². The molecule has 1 N–H and O–H groups in total. The van der Waals surface area contributed by atoms with Gasteiger partial charge in [-0.1, -0.05) is 6.07 Å². The van der Waals surface area contributed by atoms with Gasteiger partial charge in [0.25, 0.3) is 0 Å². The second-order valence-electron chi connectivity index (χ2n) is 3.99. The van der Waals surface area contributed by atoms with E-state index in [-0.39, 0.29) is 6.03 Å². The molecule has 0 aromatic heterocycles. The molecule has 0 spiro atoms. The first-order chi connectivity index (χ1) is 8.15. The highest BCUT2D eigenvalue weighted by Gasteiger charge is 2.15. The van der Waals surface area contributed by atoms with Crippen molar-refractivity contribution in [1.82, 2.24) is 4.90 Å². The number of urea groups is 1. The molecule has 1 saturated heterocycles. The summed E-state index contributed by atoms with van der Waals surface area (Å²) >= 11 is 2.21. The van der Waals surface area contributed by atoms with Crippen LogP contribution in [0.1, 0.15) is 12.8 Å². The molecule has 17 heavy (non-hydrogen) atoms. The monoisotopic (exact) mass is 343 g/mol. The normalized spacial score (nSPS) is 17.5. The van der Waals surface area contributed by atoms with Gasteiger partial charge in [-0.05, 0) is 47.2 Å². The third-order valence-corrected chi connectivity index (χ3v) is 3.31. The van der Waals surface area contributed by atoms with Gasteiger partial charge < -0.3 is 10.2 Å². The molecule has 1 aliphatic rings. The molecule has 4 nitrogen and oxygen atoms in total. The van der Waals surface area contributed by atoms with Gasteiger partial charge in [-0.2, -0.15) is 4.99 Å². The first-order valence-electron chi connectivity index (χ1n) is 5.50. The summed E-state index contributed by atoms with van der Waals surface area (Å²) in [5, 5.41) is 2.77. The summed E-state index contributed by atoms with van der Waals surface area (Å²) in [5.41, 5.74) is 0.784. The third-order valence-electron chi connectivity index (χ3n) is 2.64. The number of amidine groups is 1. The number of benzene rings is 1. The summed E-state index contributed by atoms with van der Waals surface area (Å²) in [6, 6.07) is 7.37. The van der Waals surface area contributed by atoms with E-state index < -0.39 is 0 Å². The van der Waals surface area contributed by atoms with Crippen molar-refractivity contribution in [3.63, 3.8) is 0 Å². The van der Waals surface area contributed by atoms with Crippen LogP contribution in [0.15, 0.2) is 29.3 Å². The number of likely N-dealkylation sites (tertiary alicyclic amines) is 1.